The molecule has 1 aromatic rings. The fourth-order valence-corrected chi connectivity index (χ4v) is 3.87. The Morgan fingerprint density at radius 3 is 2.68 bits per heavy atom. The van der Waals surface area contributed by atoms with Crippen LogP contribution in [0.2, 0.25) is 0 Å². The van der Waals surface area contributed by atoms with E-state index in [0.717, 1.165) is 18.5 Å². The van der Waals surface area contributed by atoms with Gasteiger partial charge in [-0.05, 0) is 46.2 Å². The van der Waals surface area contributed by atoms with E-state index in [-0.39, 0.29) is 11.6 Å². The van der Waals surface area contributed by atoms with E-state index in [9.17, 15) is 0 Å². The van der Waals surface area contributed by atoms with Crippen molar-refractivity contribution in [1.82, 2.24) is 15.3 Å². The van der Waals surface area contributed by atoms with Crippen LogP contribution in [0.5, 0.6) is 0 Å². The molecule has 2 unspecified atom stereocenters. The highest BCUT2D eigenvalue weighted by atomic mass is 32.1. The van der Waals surface area contributed by atoms with Gasteiger partial charge in [-0.15, -0.1) is 11.3 Å². The Bertz CT molecular complexity index is 400. The third-order valence-electron chi connectivity index (χ3n) is 4.54. The topological polar surface area (TPSA) is 54.2 Å². The van der Waals surface area contributed by atoms with Crippen LogP contribution in [0.1, 0.15) is 43.8 Å². The molecule has 1 aromatic heterocycles. The molecule has 0 aromatic carbocycles. The van der Waals surface area contributed by atoms with Crippen LogP contribution >= 0.6 is 11.3 Å². The van der Waals surface area contributed by atoms with Crippen LogP contribution in [0.3, 0.4) is 0 Å². The largest absolute Gasteiger partial charge is 0.296 e. The molecule has 1 aliphatic rings. The molecule has 0 radical (unpaired) electrons. The maximum Gasteiger partial charge on any atom is 0.0944 e. The lowest BCUT2D eigenvalue weighted by molar-refractivity contribution is 0.0840. The van der Waals surface area contributed by atoms with Gasteiger partial charge in [0, 0.05) is 29.1 Å². The zero-order valence-corrected chi connectivity index (χ0v) is 13.1. The van der Waals surface area contributed by atoms with Crippen molar-refractivity contribution in [3.8, 4) is 0 Å². The predicted octanol–water partition coefficient (Wildman–Crippen LogP) is 2.09. The van der Waals surface area contributed by atoms with E-state index in [4.69, 9.17) is 5.84 Å². The lowest BCUT2D eigenvalue weighted by Gasteiger charge is -2.44. The van der Waals surface area contributed by atoms with Gasteiger partial charge < -0.3 is 0 Å². The van der Waals surface area contributed by atoms with E-state index in [1.54, 1.807) is 11.3 Å². The Hall–Kier alpha value is -0.490. The normalized spacial score (nSPS) is 21.5. The maximum absolute atomic E-state index is 5.86. The minimum absolute atomic E-state index is 0.116. The molecule has 108 valence electrons. The van der Waals surface area contributed by atoms with Crippen molar-refractivity contribution < 1.29 is 0 Å². The highest BCUT2D eigenvalue weighted by molar-refractivity contribution is 7.09. The third-order valence-corrected chi connectivity index (χ3v) is 5.53. The number of hydrazine groups is 1. The Kier molecular flexibility index (Phi) is 4.95. The van der Waals surface area contributed by atoms with Crippen LogP contribution < -0.4 is 11.3 Å². The Labute approximate surface area is 120 Å². The van der Waals surface area contributed by atoms with E-state index in [2.05, 4.69) is 34.5 Å². The monoisotopic (exact) mass is 282 g/mol. The third kappa shape index (κ3) is 3.16. The van der Waals surface area contributed by atoms with Gasteiger partial charge in [0.2, 0.25) is 0 Å². The van der Waals surface area contributed by atoms with Crippen LogP contribution in [-0.2, 0) is 6.42 Å². The molecular formula is C14H26N4S. The number of aryl methyl sites for hydroxylation is 1. The Morgan fingerprint density at radius 2 is 2.21 bits per heavy atom. The molecule has 3 N–H and O–H groups in total. The van der Waals surface area contributed by atoms with Gasteiger partial charge in [0.05, 0.1) is 5.01 Å². The SMILES string of the molecule is CCC(C)(C(Cc1nc(C)cs1)NN)N1CCCC1. The molecule has 0 bridgehead atoms. The summed E-state index contributed by atoms with van der Waals surface area (Å²) in [5.74, 6) is 5.86. The minimum atomic E-state index is 0.116. The first-order valence-corrected chi connectivity index (χ1v) is 8.10. The van der Waals surface area contributed by atoms with Crippen LogP contribution in [0.15, 0.2) is 5.38 Å². The van der Waals surface area contributed by atoms with Gasteiger partial charge in [0.25, 0.3) is 0 Å². The highest BCUT2D eigenvalue weighted by Crippen LogP contribution is 2.29. The van der Waals surface area contributed by atoms with Crippen molar-refractivity contribution in [2.45, 2.75) is 58.0 Å². The quantitative estimate of drug-likeness (QED) is 0.620. The number of hydrogen-bond donors (Lipinski definition) is 2. The molecule has 2 heterocycles. The summed E-state index contributed by atoms with van der Waals surface area (Å²) in [5, 5.41) is 3.29. The summed E-state index contributed by atoms with van der Waals surface area (Å²) in [4.78, 5) is 7.17. The molecule has 1 aliphatic heterocycles. The number of nitrogens with zero attached hydrogens (tertiary/aromatic N) is 2. The van der Waals surface area contributed by atoms with Crippen LogP contribution in [-0.4, -0.2) is 34.6 Å². The summed E-state index contributed by atoms with van der Waals surface area (Å²) in [6.07, 6.45) is 4.63. The molecule has 0 amide bonds. The standard InChI is InChI=1S/C14H26N4S/c1-4-14(3,18-7-5-6-8-18)12(17-15)9-13-16-11(2)10-19-13/h10,12,17H,4-9,15H2,1-3H3. The number of nitrogens with two attached hydrogens (primary N) is 1. The van der Waals surface area contributed by atoms with Crippen molar-refractivity contribution in [3.05, 3.63) is 16.1 Å². The van der Waals surface area contributed by atoms with E-state index < -0.39 is 0 Å². The van der Waals surface area contributed by atoms with E-state index in [1.807, 2.05) is 6.92 Å². The molecule has 1 saturated heterocycles. The first-order valence-electron chi connectivity index (χ1n) is 7.22. The summed E-state index contributed by atoms with van der Waals surface area (Å²) in [5.41, 5.74) is 4.28. The second kappa shape index (κ2) is 6.31. The van der Waals surface area contributed by atoms with Gasteiger partial charge in [-0.2, -0.15) is 0 Å². The minimum Gasteiger partial charge on any atom is -0.296 e. The second-order valence-electron chi connectivity index (χ2n) is 5.71. The molecule has 5 heteroatoms. The molecule has 4 nitrogen and oxygen atoms in total. The Morgan fingerprint density at radius 1 is 1.53 bits per heavy atom. The average Bonchev–Trinajstić information content (AvgIpc) is 3.06. The molecular weight excluding hydrogens is 256 g/mol. The van der Waals surface area contributed by atoms with Crippen molar-refractivity contribution in [3.63, 3.8) is 0 Å². The maximum atomic E-state index is 5.86. The second-order valence-corrected chi connectivity index (χ2v) is 6.65. The van der Waals surface area contributed by atoms with Gasteiger partial charge in [0.15, 0.2) is 0 Å². The summed E-state index contributed by atoms with van der Waals surface area (Å²) < 4.78 is 0. The van der Waals surface area contributed by atoms with Crippen LogP contribution in [0.25, 0.3) is 0 Å². The van der Waals surface area contributed by atoms with E-state index in [0.29, 0.717) is 0 Å². The van der Waals surface area contributed by atoms with Crippen LogP contribution in [0.4, 0.5) is 0 Å². The average molecular weight is 282 g/mol. The summed E-state index contributed by atoms with van der Waals surface area (Å²) in [7, 11) is 0. The number of thiazole rings is 1. The van der Waals surface area contributed by atoms with Gasteiger partial charge in [-0.25, -0.2) is 4.98 Å². The van der Waals surface area contributed by atoms with Gasteiger partial charge in [0.1, 0.15) is 0 Å². The number of rotatable bonds is 6. The first-order chi connectivity index (χ1) is 9.10. The first kappa shape index (κ1) is 14.9. The molecule has 0 spiro atoms. The molecule has 1 fully saturated rings. The smallest absolute Gasteiger partial charge is 0.0944 e. The lowest BCUT2D eigenvalue weighted by atomic mass is 9.86. The van der Waals surface area contributed by atoms with Crippen molar-refractivity contribution in [1.29, 1.82) is 0 Å². The highest BCUT2D eigenvalue weighted by Gasteiger charge is 2.39. The Balaban J connectivity index is 2.13. The zero-order valence-electron chi connectivity index (χ0n) is 12.3. The summed E-state index contributed by atoms with van der Waals surface area (Å²) >= 11 is 1.74. The van der Waals surface area contributed by atoms with Crippen LogP contribution in [0, 0.1) is 6.92 Å². The summed E-state index contributed by atoms with van der Waals surface area (Å²) in [6, 6.07) is 0.251. The number of nitrogens with one attached hydrogen (secondary N) is 1. The summed E-state index contributed by atoms with van der Waals surface area (Å²) in [6.45, 7) is 9.03. The number of hydrogen-bond acceptors (Lipinski definition) is 5. The zero-order chi connectivity index (χ0) is 13.9. The van der Waals surface area contributed by atoms with E-state index in [1.165, 1.54) is 30.9 Å². The van der Waals surface area contributed by atoms with Crippen molar-refractivity contribution in [2.24, 2.45) is 5.84 Å². The molecule has 0 saturated carbocycles. The lowest BCUT2D eigenvalue weighted by Crippen LogP contribution is -2.61. The predicted molar refractivity (Wildman–Crippen MR) is 81.2 cm³/mol. The van der Waals surface area contributed by atoms with E-state index >= 15 is 0 Å². The molecule has 2 atom stereocenters. The molecule has 19 heavy (non-hydrogen) atoms. The van der Waals surface area contributed by atoms with Crippen molar-refractivity contribution in [2.75, 3.05) is 13.1 Å². The van der Waals surface area contributed by atoms with Gasteiger partial charge in [-0.3, -0.25) is 16.2 Å². The number of aromatic nitrogens is 1. The van der Waals surface area contributed by atoms with Gasteiger partial charge in [-0.1, -0.05) is 6.92 Å². The molecule has 0 aliphatic carbocycles. The van der Waals surface area contributed by atoms with Crippen molar-refractivity contribution >= 4 is 11.3 Å². The fraction of sp³-hybridized carbons (Fsp3) is 0.786. The fourth-order valence-electron chi connectivity index (χ4n) is 3.05. The number of likely N-dealkylation sites (tertiary alicyclic amines) is 1. The molecule has 2 rings (SSSR count). The van der Waals surface area contributed by atoms with Gasteiger partial charge >= 0.3 is 0 Å².